The zero-order chi connectivity index (χ0) is 32.1. The van der Waals surface area contributed by atoms with Gasteiger partial charge in [-0.25, -0.2) is 17.8 Å². The topological polar surface area (TPSA) is 118 Å². The molecule has 0 saturated heterocycles. The van der Waals surface area contributed by atoms with Crippen LogP contribution in [0.5, 0.6) is 0 Å². The molecule has 5 aromatic rings. The minimum Gasteiger partial charge on any atom is -0.456 e. The molecule has 9 nitrogen and oxygen atoms in total. The van der Waals surface area contributed by atoms with Crippen LogP contribution in [0.1, 0.15) is 34.6 Å². The molecule has 1 amide bonds. The highest BCUT2D eigenvalue weighted by molar-refractivity contribution is 7.92. The average Bonchev–Trinajstić information content (AvgIpc) is 3.60. The van der Waals surface area contributed by atoms with Gasteiger partial charge < -0.3 is 19.4 Å². The number of anilines is 1. The maximum absolute atomic E-state index is 14.8. The first-order valence-corrected chi connectivity index (χ1v) is 15.5. The highest BCUT2D eigenvalue weighted by Gasteiger charge is 2.30. The van der Waals surface area contributed by atoms with E-state index in [0.717, 1.165) is 16.1 Å². The Bertz CT molecular complexity index is 2070. The van der Waals surface area contributed by atoms with Crippen LogP contribution in [-0.2, 0) is 16.4 Å². The lowest BCUT2D eigenvalue weighted by molar-refractivity contribution is 0.0963. The molecule has 0 radical (unpaired) electrons. The molecule has 1 aliphatic heterocycles. The van der Waals surface area contributed by atoms with Crippen LogP contribution in [0.25, 0.3) is 50.1 Å². The van der Waals surface area contributed by atoms with Crippen molar-refractivity contribution >= 4 is 49.1 Å². The predicted molar refractivity (Wildman–Crippen MR) is 169 cm³/mol. The van der Waals surface area contributed by atoms with Crippen molar-refractivity contribution in [3.8, 4) is 22.6 Å². The summed E-state index contributed by atoms with van der Waals surface area (Å²) < 4.78 is 58.8. The lowest BCUT2D eigenvalue weighted by Crippen LogP contribution is -2.25. The maximum atomic E-state index is 14.8. The number of alkyl halides is 1. The van der Waals surface area contributed by atoms with E-state index in [4.69, 9.17) is 9.40 Å². The van der Waals surface area contributed by atoms with E-state index in [2.05, 4.69) is 11.9 Å². The SMILES string of the molecule is C=C(C)c1oc2cc(N(C)S(C)(=O)=O)c(-c3ccc4c(n3)-c3cc5c(F)cccc5n3C(CO)C4)cc2c1C(=O)NC.CF. The van der Waals surface area contributed by atoms with Gasteiger partial charge in [-0.15, -0.1) is 0 Å². The number of carbonyl (C=O) groups excluding carboxylic acids is 1. The second-order valence-corrected chi connectivity index (χ2v) is 12.6. The molecule has 44 heavy (non-hydrogen) atoms. The van der Waals surface area contributed by atoms with E-state index in [1.165, 1.54) is 20.2 Å². The highest BCUT2D eigenvalue weighted by atomic mass is 32.2. The van der Waals surface area contributed by atoms with Crippen LogP contribution in [0.3, 0.4) is 0 Å². The fourth-order valence-corrected chi connectivity index (χ4v) is 6.24. The van der Waals surface area contributed by atoms with Gasteiger partial charge >= 0.3 is 0 Å². The van der Waals surface area contributed by atoms with Gasteiger partial charge in [0.15, 0.2) is 0 Å². The number of aliphatic hydroxyl groups excluding tert-OH is 1. The molecule has 230 valence electrons. The number of fused-ring (bicyclic) bond motifs is 6. The fourth-order valence-electron chi connectivity index (χ4n) is 5.73. The van der Waals surface area contributed by atoms with Gasteiger partial charge in [-0.3, -0.25) is 13.5 Å². The first kappa shape index (κ1) is 30.9. The Balaban J connectivity index is 0.00000188. The Morgan fingerprint density at radius 1 is 1.20 bits per heavy atom. The number of nitrogens with one attached hydrogen (secondary N) is 1. The van der Waals surface area contributed by atoms with Gasteiger partial charge in [0.2, 0.25) is 10.0 Å². The number of hydrogen-bond acceptors (Lipinski definition) is 6. The molecule has 0 bridgehead atoms. The van der Waals surface area contributed by atoms with Gasteiger partial charge in [-0.2, -0.15) is 0 Å². The standard InChI is InChI=1S/C31H29FN4O5S.CH3F/c1-16(2)30-28(31(38)33-3)21-12-20(25(14-27(21)41-30)35(4)42(5,39)40)23-10-9-17-11-18(15-37)36-24-8-6-7-22(32)19(24)13-26(36)29(17)34-23;1-2/h6-10,12-14,18,37H,1,11,15H2,2-5H3,(H,33,38);1H3. The fraction of sp³-hybridized carbons (Fsp3) is 0.250. The Morgan fingerprint density at radius 2 is 1.93 bits per heavy atom. The number of aromatic nitrogens is 2. The quantitative estimate of drug-likeness (QED) is 0.250. The van der Waals surface area contributed by atoms with Crippen LogP contribution < -0.4 is 9.62 Å². The number of sulfonamides is 1. The Morgan fingerprint density at radius 3 is 2.57 bits per heavy atom. The molecule has 4 heterocycles. The van der Waals surface area contributed by atoms with Gasteiger partial charge in [0.25, 0.3) is 5.91 Å². The minimum absolute atomic E-state index is 0.137. The van der Waals surface area contributed by atoms with Crippen molar-refractivity contribution < 1.29 is 31.5 Å². The van der Waals surface area contributed by atoms with Crippen molar-refractivity contribution in [1.29, 1.82) is 0 Å². The van der Waals surface area contributed by atoms with Crippen LogP contribution in [0.4, 0.5) is 14.5 Å². The van der Waals surface area contributed by atoms with E-state index in [1.54, 1.807) is 37.3 Å². The van der Waals surface area contributed by atoms with Crippen LogP contribution in [0, 0.1) is 5.82 Å². The van der Waals surface area contributed by atoms with Gasteiger partial charge in [-0.1, -0.05) is 18.7 Å². The summed E-state index contributed by atoms with van der Waals surface area (Å²) in [4.78, 5) is 17.9. The van der Waals surface area contributed by atoms with Crippen LogP contribution in [-0.4, -0.2) is 63.1 Å². The summed E-state index contributed by atoms with van der Waals surface area (Å²) in [5, 5.41) is 13.7. The molecular formula is C32H32F2N4O5S. The number of halogens is 2. The molecule has 1 aliphatic rings. The predicted octanol–water partition coefficient (Wildman–Crippen LogP) is 5.72. The van der Waals surface area contributed by atoms with Crippen LogP contribution >= 0.6 is 0 Å². The lowest BCUT2D eigenvalue weighted by Gasteiger charge is -2.28. The number of hydrogen-bond donors (Lipinski definition) is 2. The molecule has 2 aromatic carbocycles. The first-order chi connectivity index (χ1) is 20.9. The Kier molecular flexibility index (Phi) is 8.08. The summed E-state index contributed by atoms with van der Waals surface area (Å²) in [6.45, 7) is 5.53. The smallest absolute Gasteiger partial charge is 0.255 e. The number of allylic oxidation sites excluding steroid dienone is 1. The van der Waals surface area contributed by atoms with Gasteiger partial charge in [-0.05, 0) is 54.8 Å². The van der Waals surface area contributed by atoms with Crippen LogP contribution in [0.2, 0.25) is 0 Å². The number of rotatable bonds is 6. The molecule has 3 aromatic heterocycles. The highest BCUT2D eigenvalue weighted by Crippen LogP contribution is 2.43. The van der Waals surface area contributed by atoms with E-state index >= 15 is 0 Å². The molecule has 0 spiro atoms. The molecule has 6 rings (SSSR count). The number of aliphatic hydroxyl groups is 1. The summed E-state index contributed by atoms with van der Waals surface area (Å²) in [5.41, 5.74) is 5.12. The molecule has 0 aliphatic carbocycles. The van der Waals surface area contributed by atoms with Crippen LogP contribution in [0.15, 0.2) is 59.5 Å². The third kappa shape index (κ3) is 4.93. The van der Waals surface area contributed by atoms with Crippen molar-refractivity contribution in [1.82, 2.24) is 14.9 Å². The summed E-state index contributed by atoms with van der Waals surface area (Å²) in [6.07, 6.45) is 1.58. The lowest BCUT2D eigenvalue weighted by atomic mass is 9.96. The third-order valence-electron chi connectivity index (χ3n) is 7.84. The molecule has 2 N–H and O–H groups in total. The number of furan rings is 1. The Hall–Kier alpha value is -4.55. The third-order valence-corrected chi connectivity index (χ3v) is 9.04. The van der Waals surface area contributed by atoms with E-state index in [0.29, 0.717) is 75.1 Å². The molecule has 12 heteroatoms. The summed E-state index contributed by atoms with van der Waals surface area (Å²) >= 11 is 0. The largest absolute Gasteiger partial charge is 0.456 e. The van der Waals surface area contributed by atoms with Crippen molar-refractivity contribution in [2.24, 2.45) is 0 Å². The molecular weight excluding hydrogens is 590 g/mol. The Labute approximate surface area is 253 Å². The molecule has 0 saturated carbocycles. The number of pyridine rings is 1. The van der Waals surface area contributed by atoms with Crippen molar-refractivity contribution in [2.45, 2.75) is 19.4 Å². The zero-order valence-electron chi connectivity index (χ0n) is 24.9. The zero-order valence-corrected chi connectivity index (χ0v) is 25.7. The van der Waals surface area contributed by atoms with E-state index in [9.17, 15) is 27.1 Å². The molecule has 1 atom stereocenters. The summed E-state index contributed by atoms with van der Waals surface area (Å²) in [7, 11) is -0.247. The summed E-state index contributed by atoms with van der Waals surface area (Å²) in [5.74, 6) is -0.447. The first-order valence-electron chi connectivity index (χ1n) is 13.7. The molecule has 1 unspecified atom stereocenters. The minimum atomic E-state index is -3.70. The number of benzene rings is 2. The van der Waals surface area contributed by atoms with E-state index in [1.807, 2.05) is 16.7 Å². The van der Waals surface area contributed by atoms with E-state index < -0.39 is 10.0 Å². The van der Waals surface area contributed by atoms with Gasteiger partial charge in [0, 0.05) is 36.5 Å². The second kappa shape index (κ2) is 11.5. The van der Waals surface area contributed by atoms with Crippen molar-refractivity contribution in [3.05, 3.63) is 77.8 Å². The number of carbonyl (C=O) groups is 1. The molecule has 0 fully saturated rings. The number of nitrogens with zero attached hydrogens (tertiary/aromatic N) is 3. The summed E-state index contributed by atoms with van der Waals surface area (Å²) in [6, 6.07) is 13.2. The van der Waals surface area contributed by atoms with Crippen molar-refractivity contribution in [3.63, 3.8) is 0 Å². The van der Waals surface area contributed by atoms with Gasteiger partial charge in [0.1, 0.15) is 17.2 Å². The second-order valence-electron chi connectivity index (χ2n) is 10.6. The average molecular weight is 623 g/mol. The van der Waals surface area contributed by atoms with E-state index in [-0.39, 0.29) is 29.9 Å². The van der Waals surface area contributed by atoms with Gasteiger partial charge in [0.05, 0.1) is 59.9 Å². The van der Waals surface area contributed by atoms with Crippen molar-refractivity contribution in [2.75, 3.05) is 38.4 Å². The normalized spacial score (nSPS) is 14.0. The maximum Gasteiger partial charge on any atom is 0.255 e. The number of amides is 1. The monoisotopic (exact) mass is 622 g/mol.